The van der Waals surface area contributed by atoms with Crippen LogP contribution in [0.5, 0.6) is 0 Å². The number of cyclic esters (lactones) is 1. The van der Waals surface area contributed by atoms with Crippen LogP contribution in [0.25, 0.3) is 0 Å². The second-order valence-electron chi connectivity index (χ2n) is 6.84. The predicted molar refractivity (Wildman–Crippen MR) is 94.3 cm³/mol. The minimum absolute atomic E-state index is 0.152. The first-order valence-corrected chi connectivity index (χ1v) is 9.95. The standard InChI is InChI=1S/C17H26N2O5S/c20-15-18-12-9-13(7-5-3-1-2-4-6-8-23-15)24-17(22,10-12)14-11-25-16(21)19-14/h1-2,12-14,22H,3-11H2,(H,18,20)(H,19,21)/b2-1-/t12-,13-,14+,17-/m1/s1. The van der Waals surface area contributed by atoms with Gasteiger partial charge in [-0.2, -0.15) is 0 Å². The predicted octanol–water partition coefficient (Wildman–Crippen LogP) is 2.29. The second-order valence-corrected chi connectivity index (χ2v) is 7.83. The van der Waals surface area contributed by atoms with Gasteiger partial charge in [0, 0.05) is 18.2 Å². The number of hydrogen-bond acceptors (Lipinski definition) is 6. The van der Waals surface area contributed by atoms with Crippen LogP contribution in [0, 0.1) is 0 Å². The Kier molecular flexibility index (Phi) is 6.24. The van der Waals surface area contributed by atoms with Gasteiger partial charge in [-0.25, -0.2) is 4.79 Å². The van der Waals surface area contributed by atoms with Gasteiger partial charge in [0.05, 0.1) is 18.8 Å². The van der Waals surface area contributed by atoms with Crippen molar-refractivity contribution in [1.82, 2.24) is 10.6 Å². The highest BCUT2D eigenvalue weighted by molar-refractivity contribution is 8.14. The Morgan fingerprint density at radius 2 is 2.00 bits per heavy atom. The number of thioether (sulfide) groups is 1. The van der Waals surface area contributed by atoms with Crippen LogP contribution in [0.4, 0.5) is 9.59 Å². The number of fused-ring (bicyclic) bond motifs is 2. The molecule has 3 rings (SSSR count). The van der Waals surface area contributed by atoms with Gasteiger partial charge >= 0.3 is 6.09 Å². The van der Waals surface area contributed by atoms with Crippen LogP contribution in [-0.4, -0.2) is 52.8 Å². The van der Waals surface area contributed by atoms with Gasteiger partial charge in [0.1, 0.15) is 0 Å². The highest BCUT2D eigenvalue weighted by Gasteiger charge is 2.48. The summed E-state index contributed by atoms with van der Waals surface area (Å²) < 4.78 is 11.2. The lowest BCUT2D eigenvalue weighted by molar-refractivity contribution is -0.269. The molecule has 0 aromatic heterocycles. The zero-order chi connectivity index (χ0) is 17.7. The van der Waals surface area contributed by atoms with Gasteiger partial charge in [-0.1, -0.05) is 23.9 Å². The SMILES string of the molecule is O=C1N[C@@H]2C[C@@H](CCC/C=C\CCCO1)O[C@@](O)([C@@H]1CSC(=O)N1)C2. The molecule has 2 bridgehead atoms. The van der Waals surface area contributed by atoms with E-state index in [9.17, 15) is 14.7 Å². The van der Waals surface area contributed by atoms with Crippen LogP contribution in [0.1, 0.15) is 44.9 Å². The lowest BCUT2D eigenvalue weighted by Crippen LogP contribution is -2.60. The van der Waals surface area contributed by atoms with Crippen LogP contribution in [-0.2, 0) is 9.47 Å². The van der Waals surface area contributed by atoms with E-state index in [0.717, 1.165) is 43.9 Å². The van der Waals surface area contributed by atoms with Gasteiger partial charge < -0.3 is 25.2 Å². The Balaban J connectivity index is 1.70. The molecule has 2 fully saturated rings. The minimum atomic E-state index is -1.47. The van der Waals surface area contributed by atoms with Crippen LogP contribution < -0.4 is 10.6 Å². The number of alkyl carbamates (subject to hydrolysis) is 1. The first kappa shape index (κ1) is 18.5. The third kappa shape index (κ3) is 5.12. The fraction of sp³-hybridized carbons (Fsp3) is 0.765. The molecule has 25 heavy (non-hydrogen) atoms. The molecule has 0 spiro atoms. The van der Waals surface area contributed by atoms with E-state index in [1.165, 1.54) is 0 Å². The van der Waals surface area contributed by atoms with E-state index < -0.39 is 17.9 Å². The van der Waals surface area contributed by atoms with Gasteiger partial charge in [0.25, 0.3) is 5.24 Å². The number of amides is 2. The van der Waals surface area contributed by atoms with Gasteiger partial charge in [-0.3, -0.25) is 4.79 Å². The second kappa shape index (κ2) is 8.42. The molecular weight excluding hydrogens is 344 g/mol. The van der Waals surface area contributed by atoms with Crippen molar-refractivity contribution in [2.24, 2.45) is 0 Å². The lowest BCUT2D eigenvalue weighted by Gasteiger charge is -2.44. The van der Waals surface area contributed by atoms with Gasteiger partial charge in [0.15, 0.2) is 5.79 Å². The number of aliphatic hydroxyl groups is 1. The Hall–Kier alpha value is -1.25. The first-order chi connectivity index (χ1) is 12.0. The molecule has 2 saturated heterocycles. The highest BCUT2D eigenvalue weighted by atomic mass is 32.2. The number of hydrogen-bond donors (Lipinski definition) is 3. The maximum Gasteiger partial charge on any atom is 0.407 e. The minimum Gasteiger partial charge on any atom is -0.450 e. The van der Waals surface area contributed by atoms with Crippen molar-refractivity contribution in [3.05, 3.63) is 12.2 Å². The summed E-state index contributed by atoms with van der Waals surface area (Å²) in [5.41, 5.74) is 0. The van der Waals surface area contributed by atoms with Crippen molar-refractivity contribution >= 4 is 23.1 Å². The maximum atomic E-state index is 12.0. The summed E-state index contributed by atoms with van der Waals surface area (Å²) >= 11 is 1.14. The molecule has 0 unspecified atom stereocenters. The molecule has 0 aliphatic carbocycles. The molecule has 0 aromatic carbocycles. The number of allylic oxidation sites excluding steroid dienone is 2. The summed E-state index contributed by atoms with van der Waals surface area (Å²) in [4.78, 5) is 23.5. The first-order valence-electron chi connectivity index (χ1n) is 8.97. The number of carbonyl (C=O) groups is 2. The number of carbonyl (C=O) groups excluding carboxylic acids is 2. The van der Waals surface area contributed by atoms with Crippen LogP contribution in [0.15, 0.2) is 12.2 Å². The van der Waals surface area contributed by atoms with Gasteiger partial charge in [0.2, 0.25) is 0 Å². The van der Waals surface area contributed by atoms with E-state index in [1.54, 1.807) is 0 Å². The summed E-state index contributed by atoms with van der Waals surface area (Å²) in [6.45, 7) is 0.377. The van der Waals surface area contributed by atoms with Crippen LogP contribution >= 0.6 is 11.8 Å². The quantitative estimate of drug-likeness (QED) is 0.613. The average Bonchev–Trinajstić information content (AvgIpc) is 2.99. The molecule has 3 aliphatic rings. The summed E-state index contributed by atoms with van der Waals surface area (Å²) in [7, 11) is 0. The Morgan fingerprint density at radius 1 is 1.20 bits per heavy atom. The third-order valence-corrected chi connectivity index (χ3v) is 5.69. The molecule has 0 saturated carbocycles. The van der Waals surface area contributed by atoms with Crippen LogP contribution in [0.3, 0.4) is 0 Å². The van der Waals surface area contributed by atoms with E-state index in [4.69, 9.17) is 9.47 Å². The largest absolute Gasteiger partial charge is 0.450 e. The normalized spacial score (nSPS) is 38.8. The van der Waals surface area contributed by atoms with Gasteiger partial charge in [-0.05, 0) is 38.5 Å². The fourth-order valence-electron chi connectivity index (χ4n) is 3.55. The zero-order valence-corrected chi connectivity index (χ0v) is 15.1. The van der Waals surface area contributed by atoms with Crippen molar-refractivity contribution < 1.29 is 24.2 Å². The Morgan fingerprint density at radius 3 is 2.76 bits per heavy atom. The monoisotopic (exact) mass is 370 g/mol. The number of nitrogens with one attached hydrogen (secondary N) is 2. The molecule has 8 heteroatoms. The lowest BCUT2D eigenvalue weighted by atomic mass is 9.90. The summed E-state index contributed by atoms with van der Waals surface area (Å²) in [5.74, 6) is -1.01. The Labute approximate surface area is 151 Å². The molecule has 3 N–H and O–H groups in total. The van der Waals surface area contributed by atoms with Crippen molar-refractivity contribution in [1.29, 1.82) is 0 Å². The summed E-state index contributed by atoms with van der Waals surface area (Å²) in [6, 6.07) is -0.705. The van der Waals surface area contributed by atoms with Crippen molar-refractivity contribution in [2.75, 3.05) is 12.4 Å². The molecule has 7 nitrogen and oxygen atoms in total. The van der Waals surface area contributed by atoms with E-state index >= 15 is 0 Å². The van der Waals surface area contributed by atoms with E-state index in [-0.39, 0.29) is 23.8 Å². The fourth-order valence-corrected chi connectivity index (χ4v) is 4.44. The summed E-state index contributed by atoms with van der Waals surface area (Å²) in [6.07, 6.45) is 8.93. The molecular formula is C17H26N2O5S. The van der Waals surface area contributed by atoms with Crippen molar-refractivity contribution in [3.8, 4) is 0 Å². The molecule has 3 heterocycles. The molecule has 2 amide bonds. The number of ether oxygens (including phenoxy) is 2. The molecule has 0 radical (unpaired) electrons. The molecule has 4 atom stereocenters. The molecule has 0 aromatic rings. The highest BCUT2D eigenvalue weighted by Crippen LogP contribution is 2.35. The maximum absolute atomic E-state index is 12.0. The number of rotatable bonds is 1. The van der Waals surface area contributed by atoms with Crippen molar-refractivity contribution in [3.63, 3.8) is 0 Å². The van der Waals surface area contributed by atoms with Crippen molar-refractivity contribution in [2.45, 2.75) is 68.9 Å². The van der Waals surface area contributed by atoms with E-state index in [1.807, 2.05) is 0 Å². The van der Waals surface area contributed by atoms with E-state index in [2.05, 4.69) is 22.8 Å². The average molecular weight is 370 g/mol. The Bertz CT molecular complexity index is 529. The summed E-state index contributed by atoms with van der Waals surface area (Å²) in [5, 5.41) is 16.5. The topological polar surface area (TPSA) is 96.9 Å². The molecule has 140 valence electrons. The molecule has 3 aliphatic heterocycles. The zero-order valence-electron chi connectivity index (χ0n) is 14.2. The van der Waals surface area contributed by atoms with E-state index in [0.29, 0.717) is 18.8 Å². The smallest absolute Gasteiger partial charge is 0.407 e. The third-order valence-electron chi connectivity index (χ3n) is 4.81. The van der Waals surface area contributed by atoms with Crippen LogP contribution in [0.2, 0.25) is 0 Å². The van der Waals surface area contributed by atoms with Gasteiger partial charge in [-0.15, -0.1) is 0 Å².